The Balaban J connectivity index is 3.79. The average Bonchev–Trinajstić information content (AvgIpc) is 3.01. The fraction of sp³-hybridized carbons (Fsp3) is 0.895. The third-order valence-electron chi connectivity index (χ3n) is 8.15. The van der Waals surface area contributed by atoms with Crippen LogP contribution in [0.25, 0.3) is 0 Å². The van der Waals surface area contributed by atoms with Crippen LogP contribution in [0.3, 0.4) is 0 Å². The van der Waals surface area contributed by atoms with Crippen molar-refractivity contribution in [1.82, 2.24) is 0 Å². The smallest absolute Gasteiger partial charge is 0.149 e. The van der Waals surface area contributed by atoms with Crippen LogP contribution in [-0.2, 0) is 14.2 Å². The molecule has 0 aliphatic carbocycles. The summed E-state index contributed by atoms with van der Waals surface area (Å²) in [5.41, 5.74) is 0. The molecule has 2 atom stereocenters. The Kier molecular flexibility index (Phi) is 38.1. The summed E-state index contributed by atoms with van der Waals surface area (Å²) in [4.78, 5) is 0. The van der Waals surface area contributed by atoms with Gasteiger partial charge < -0.3 is 14.2 Å². The molecule has 0 spiro atoms. The number of ether oxygens (including phenoxy) is 3. The highest BCUT2D eigenvalue weighted by atomic mass is 35.5. The lowest BCUT2D eigenvalue weighted by molar-refractivity contribution is -0.167. The first kappa shape index (κ1) is 42.9. The van der Waals surface area contributed by atoms with Crippen LogP contribution in [0.15, 0.2) is 24.3 Å². The molecule has 0 saturated heterocycles. The summed E-state index contributed by atoms with van der Waals surface area (Å²) in [7, 11) is 0. The largest absolute Gasteiger partial charge is 0.352 e. The molecular formula is C38H72Cl2O3. The minimum atomic E-state index is 0.270. The molecule has 2 unspecified atom stereocenters. The maximum Gasteiger partial charge on any atom is 0.149 e. The number of unbranched alkanes of at least 4 members (excludes halogenated alkanes) is 16. The summed E-state index contributed by atoms with van der Waals surface area (Å²) >= 11 is 11.5. The van der Waals surface area contributed by atoms with Gasteiger partial charge in [0.05, 0.1) is 12.2 Å². The van der Waals surface area contributed by atoms with Gasteiger partial charge in [-0.1, -0.05) is 128 Å². The maximum absolute atomic E-state index is 6.05. The lowest BCUT2D eigenvalue weighted by Gasteiger charge is -2.19. The van der Waals surface area contributed by atoms with Crippen LogP contribution in [0.1, 0.15) is 181 Å². The highest BCUT2D eigenvalue weighted by Gasteiger charge is 2.09. The molecule has 43 heavy (non-hydrogen) atoms. The molecule has 0 radical (unpaired) electrons. The second kappa shape index (κ2) is 38.1. The normalized spacial score (nSPS) is 13.5. The number of halogens is 2. The summed E-state index contributed by atoms with van der Waals surface area (Å²) in [6.07, 6.45) is 42.3. The molecule has 0 rings (SSSR count). The van der Waals surface area contributed by atoms with Crippen molar-refractivity contribution in [2.24, 2.45) is 0 Å². The van der Waals surface area contributed by atoms with E-state index in [0.29, 0.717) is 13.6 Å². The Morgan fingerprint density at radius 2 is 0.744 bits per heavy atom. The first-order chi connectivity index (χ1) is 21.3. The number of allylic oxidation sites excluding steroid dienone is 4. The molecule has 0 aliphatic rings. The van der Waals surface area contributed by atoms with Crippen molar-refractivity contribution < 1.29 is 14.2 Å². The second-order valence-corrected chi connectivity index (χ2v) is 13.1. The molecule has 0 N–H and O–H groups in total. The lowest BCUT2D eigenvalue weighted by Crippen LogP contribution is -2.18. The van der Waals surface area contributed by atoms with E-state index in [1.54, 1.807) is 0 Å². The van der Waals surface area contributed by atoms with E-state index in [1.807, 2.05) is 0 Å². The average molecular weight is 648 g/mol. The summed E-state index contributed by atoms with van der Waals surface area (Å²) in [5, 5.41) is 0. The Hall–Kier alpha value is -0.0600. The second-order valence-electron chi connectivity index (χ2n) is 12.3. The van der Waals surface area contributed by atoms with Crippen molar-refractivity contribution in [3.63, 3.8) is 0 Å². The Morgan fingerprint density at radius 1 is 0.419 bits per heavy atom. The minimum Gasteiger partial charge on any atom is -0.352 e. The van der Waals surface area contributed by atoms with Crippen molar-refractivity contribution >= 4 is 23.2 Å². The van der Waals surface area contributed by atoms with Gasteiger partial charge in [-0.2, -0.15) is 0 Å². The van der Waals surface area contributed by atoms with Crippen LogP contribution in [0.2, 0.25) is 0 Å². The topological polar surface area (TPSA) is 27.7 Å². The molecule has 0 amide bonds. The molecule has 256 valence electrons. The van der Waals surface area contributed by atoms with Gasteiger partial charge in [0.2, 0.25) is 0 Å². The molecule has 0 fully saturated rings. The van der Waals surface area contributed by atoms with Crippen LogP contribution < -0.4 is 0 Å². The van der Waals surface area contributed by atoms with Crippen LogP contribution >= 0.6 is 23.2 Å². The first-order valence-electron chi connectivity index (χ1n) is 18.5. The summed E-state index contributed by atoms with van der Waals surface area (Å²) < 4.78 is 17.8. The van der Waals surface area contributed by atoms with Gasteiger partial charge in [-0.25, -0.2) is 0 Å². The van der Waals surface area contributed by atoms with Crippen LogP contribution in [0.4, 0.5) is 0 Å². The van der Waals surface area contributed by atoms with Gasteiger partial charge in [-0.3, -0.25) is 0 Å². The van der Waals surface area contributed by atoms with E-state index in [0.717, 1.165) is 63.1 Å². The molecule has 0 aliphatic heterocycles. The van der Waals surface area contributed by atoms with Crippen molar-refractivity contribution in [2.75, 3.05) is 25.3 Å². The zero-order valence-electron chi connectivity index (χ0n) is 28.7. The molecule has 0 saturated carbocycles. The summed E-state index contributed by atoms with van der Waals surface area (Å²) in [5.74, 6) is 1.63. The number of rotatable bonds is 36. The van der Waals surface area contributed by atoms with Gasteiger partial charge in [-0.15, -0.1) is 23.2 Å². The zero-order valence-corrected chi connectivity index (χ0v) is 30.2. The quantitative estimate of drug-likeness (QED) is 0.0293. The van der Waals surface area contributed by atoms with Crippen LogP contribution in [-0.4, -0.2) is 37.6 Å². The third-order valence-corrected chi connectivity index (χ3v) is 8.68. The van der Waals surface area contributed by atoms with Gasteiger partial charge in [0.15, 0.2) is 0 Å². The van der Waals surface area contributed by atoms with Gasteiger partial charge in [0.25, 0.3) is 0 Å². The van der Waals surface area contributed by atoms with Crippen molar-refractivity contribution in [2.45, 2.75) is 193 Å². The standard InChI is InChI=1S/C38H72Cl2O3/c1-3-29-37(31-25-21-17-13-9-5-7-11-15-19-23-27-33-39)42-35-41-36-43-38(30-4-2)32-26-22-18-14-10-6-8-12-16-20-24-28-34-40/h17-18,21-22,37-38H,3-16,19-20,23-36H2,1-2H3. The van der Waals surface area contributed by atoms with Gasteiger partial charge >= 0.3 is 0 Å². The van der Waals surface area contributed by atoms with E-state index in [1.165, 1.54) is 116 Å². The molecular weight excluding hydrogens is 575 g/mol. The molecule has 0 aromatic rings. The van der Waals surface area contributed by atoms with Gasteiger partial charge in [0, 0.05) is 11.8 Å². The molecule has 5 heteroatoms. The van der Waals surface area contributed by atoms with Gasteiger partial charge in [-0.05, 0) is 77.0 Å². The van der Waals surface area contributed by atoms with E-state index in [4.69, 9.17) is 37.4 Å². The molecule has 0 aromatic heterocycles. The zero-order chi connectivity index (χ0) is 31.3. The Bertz CT molecular complexity index is 521. The Labute approximate surface area is 279 Å². The first-order valence-corrected chi connectivity index (χ1v) is 19.6. The monoisotopic (exact) mass is 646 g/mol. The third kappa shape index (κ3) is 34.7. The maximum atomic E-state index is 6.05. The summed E-state index contributed by atoms with van der Waals surface area (Å²) in [6.45, 7) is 5.11. The van der Waals surface area contributed by atoms with E-state index in [-0.39, 0.29) is 12.2 Å². The predicted molar refractivity (Wildman–Crippen MR) is 192 cm³/mol. The fourth-order valence-corrected chi connectivity index (χ4v) is 5.84. The number of hydrogen-bond donors (Lipinski definition) is 0. The van der Waals surface area contributed by atoms with Gasteiger partial charge in [0.1, 0.15) is 13.6 Å². The number of hydrogen-bond acceptors (Lipinski definition) is 3. The molecule has 0 bridgehead atoms. The highest BCUT2D eigenvalue weighted by Crippen LogP contribution is 2.15. The fourth-order valence-electron chi connectivity index (χ4n) is 5.46. The van der Waals surface area contributed by atoms with Crippen molar-refractivity contribution in [3.8, 4) is 0 Å². The van der Waals surface area contributed by atoms with E-state index < -0.39 is 0 Å². The SMILES string of the molecule is CCCC(CCC=CCCCCCCCCCCCl)OCOCOC(CCC)CCC=CCCCCCCCCCCCl. The van der Waals surface area contributed by atoms with E-state index in [2.05, 4.69) is 38.2 Å². The van der Waals surface area contributed by atoms with E-state index in [9.17, 15) is 0 Å². The predicted octanol–water partition coefficient (Wildman–Crippen LogP) is 13.5. The van der Waals surface area contributed by atoms with Crippen LogP contribution in [0.5, 0.6) is 0 Å². The molecule has 0 heterocycles. The minimum absolute atomic E-state index is 0.270. The van der Waals surface area contributed by atoms with Crippen molar-refractivity contribution in [3.05, 3.63) is 24.3 Å². The Morgan fingerprint density at radius 3 is 1.09 bits per heavy atom. The van der Waals surface area contributed by atoms with E-state index >= 15 is 0 Å². The van der Waals surface area contributed by atoms with Crippen molar-refractivity contribution in [1.29, 1.82) is 0 Å². The lowest BCUT2D eigenvalue weighted by atomic mass is 10.1. The molecule has 0 aromatic carbocycles. The number of alkyl halides is 2. The highest BCUT2D eigenvalue weighted by molar-refractivity contribution is 6.18. The summed E-state index contributed by atoms with van der Waals surface area (Å²) in [6, 6.07) is 0. The molecule has 3 nitrogen and oxygen atoms in total. The van der Waals surface area contributed by atoms with Crippen LogP contribution in [0, 0.1) is 0 Å².